The van der Waals surface area contributed by atoms with E-state index in [0.717, 1.165) is 37.3 Å². The van der Waals surface area contributed by atoms with E-state index >= 15 is 0 Å². The summed E-state index contributed by atoms with van der Waals surface area (Å²) < 4.78 is 0. The molecule has 0 spiro atoms. The number of piperazine rings is 1. The monoisotopic (exact) mass is 339 g/mol. The molecule has 0 aliphatic carbocycles. The van der Waals surface area contributed by atoms with Crippen LogP contribution in [0.15, 0.2) is 30.6 Å². The minimum absolute atomic E-state index is 0.0695. The summed E-state index contributed by atoms with van der Waals surface area (Å²) in [5, 5.41) is 22.0. The van der Waals surface area contributed by atoms with Gasteiger partial charge in [-0.25, -0.2) is 0 Å². The van der Waals surface area contributed by atoms with Gasteiger partial charge in [-0.05, 0) is 18.1 Å². The second-order valence-corrected chi connectivity index (χ2v) is 6.62. The van der Waals surface area contributed by atoms with Gasteiger partial charge < -0.3 is 4.90 Å². The first kappa shape index (κ1) is 17.1. The Bertz CT molecular complexity index is 822. The van der Waals surface area contributed by atoms with E-state index in [0.29, 0.717) is 11.3 Å². The predicted molar refractivity (Wildman–Crippen MR) is 96.4 cm³/mol. The second-order valence-electron chi connectivity index (χ2n) is 6.62. The third-order valence-corrected chi connectivity index (χ3v) is 4.78. The Kier molecular flexibility index (Phi) is 4.81. The molecule has 3 rings (SSSR count). The number of nitrogens with zero attached hydrogens (tertiary/aromatic N) is 5. The molecule has 0 amide bonds. The Morgan fingerprint density at radius 3 is 2.52 bits per heavy atom. The minimum atomic E-state index is -0.369. The molecule has 25 heavy (non-hydrogen) atoms. The zero-order valence-electron chi connectivity index (χ0n) is 14.4. The van der Waals surface area contributed by atoms with E-state index in [-0.39, 0.29) is 16.7 Å². The predicted octanol–water partition coefficient (Wildman–Crippen LogP) is 2.81. The quantitative estimate of drug-likeness (QED) is 0.629. The molecule has 1 aromatic heterocycles. The Labute approximate surface area is 146 Å². The van der Waals surface area contributed by atoms with Crippen LogP contribution in [0.3, 0.4) is 0 Å². The van der Waals surface area contributed by atoms with Crippen molar-refractivity contribution in [2.45, 2.75) is 19.9 Å². The number of nitro groups is 1. The normalized spacial score (nSPS) is 16.8. The number of benzene rings is 1. The Morgan fingerprint density at radius 2 is 1.92 bits per heavy atom. The molecular weight excluding hydrogens is 318 g/mol. The number of pyridine rings is 1. The van der Waals surface area contributed by atoms with Crippen LogP contribution in [0, 0.1) is 27.4 Å². The minimum Gasteiger partial charge on any atom is -0.368 e. The Morgan fingerprint density at radius 1 is 1.20 bits per heavy atom. The highest BCUT2D eigenvalue weighted by molar-refractivity contribution is 5.99. The molecule has 0 bridgehead atoms. The summed E-state index contributed by atoms with van der Waals surface area (Å²) in [5.41, 5.74) is 1.07. The summed E-state index contributed by atoms with van der Waals surface area (Å²) in [6.45, 7) is 7.33. The van der Waals surface area contributed by atoms with Crippen molar-refractivity contribution in [2.24, 2.45) is 5.92 Å². The van der Waals surface area contributed by atoms with Crippen molar-refractivity contribution in [2.75, 3.05) is 31.1 Å². The molecule has 2 aromatic rings. The SMILES string of the molecule is CC(C)[C@@H](C#N)N1CCN(c2ccc([N+](=O)[O-])c3cnccc23)CC1. The molecule has 7 nitrogen and oxygen atoms in total. The fraction of sp³-hybridized carbons (Fsp3) is 0.444. The number of rotatable bonds is 4. The van der Waals surface area contributed by atoms with E-state index in [1.807, 2.05) is 12.1 Å². The molecular formula is C18H21N5O2. The van der Waals surface area contributed by atoms with Crippen LogP contribution >= 0.6 is 0 Å². The molecule has 2 heterocycles. The smallest absolute Gasteiger partial charge is 0.278 e. The summed E-state index contributed by atoms with van der Waals surface area (Å²) >= 11 is 0. The molecule has 0 saturated carbocycles. The van der Waals surface area contributed by atoms with Gasteiger partial charge in [0.2, 0.25) is 0 Å². The van der Waals surface area contributed by atoms with E-state index in [2.05, 4.69) is 34.7 Å². The summed E-state index contributed by atoms with van der Waals surface area (Å²) in [6.07, 6.45) is 3.22. The van der Waals surface area contributed by atoms with Crippen LogP contribution in [-0.2, 0) is 0 Å². The Balaban J connectivity index is 1.86. The third kappa shape index (κ3) is 3.26. The first-order valence-electron chi connectivity index (χ1n) is 8.42. The number of hydrogen-bond acceptors (Lipinski definition) is 6. The van der Waals surface area contributed by atoms with Crippen LogP contribution < -0.4 is 4.90 Å². The van der Waals surface area contributed by atoms with Gasteiger partial charge in [-0.15, -0.1) is 0 Å². The van der Waals surface area contributed by atoms with Gasteiger partial charge in [-0.2, -0.15) is 5.26 Å². The Hall–Kier alpha value is -2.72. The van der Waals surface area contributed by atoms with E-state index in [4.69, 9.17) is 0 Å². The van der Waals surface area contributed by atoms with Crippen molar-refractivity contribution in [3.8, 4) is 6.07 Å². The highest BCUT2D eigenvalue weighted by Crippen LogP contribution is 2.33. The maximum Gasteiger partial charge on any atom is 0.278 e. The zero-order chi connectivity index (χ0) is 18.0. The van der Waals surface area contributed by atoms with Crippen molar-refractivity contribution in [1.82, 2.24) is 9.88 Å². The maximum atomic E-state index is 11.2. The van der Waals surface area contributed by atoms with Crippen LogP contribution in [0.25, 0.3) is 10.8 Å². The van der Waals surface area contributed by atoms with Crippen LogP contribution in [0.4, 0.5) is 11.4 Å². The molecule has 0 unspecified atom stereocenters. The van der Waals surface area contributed by atoms with Gasteiger partial charge in [0.1, 0.15) is 6.04 Å². The zero-order valence-corrected chi connectivity index (χ0v) is 14.4. The number of fused-ring (bicyclic) bond motifs is 1. The summed E-state index contributed by atoms with van der Waals surface area (Å²) in [7, 11) is 0. The molecule has 1 aliphatic rings. The van der Waals surface area contributed by atoms with Gasteiger partial charge in [-0.1, -0.05) is 13.8 Å². The van der Waals surface area contributed by atoms with Crippen LogP contribution in [0.1, 0.15) is 13.8 Å². The van der Waals surface area contributed by atoms with Crippen molar-refractivity contribution >= 4 is 22.1 Å². The first-order valence-corrected chi connectivity index (χ1v) is 8.42. The number of nitriles is 1. The van der Waals surface area contributed by atoms with Gasteiger partial charge in [0.05, 0.1) is 16.4 Å². The lowest BCUT2D eigenvalue weighted by Crippen LogP contribution is -2.51. The van der Waals surface area contributed by atoms with Gasteiger partial charge in [0.25, 0.3) is 5.69 Å². The lowest BCUT2D eigenvalue weighted by Gasteiger charge is -2.39. The maximum absolute atomic E-state index is 11.2. The third-order valence-electron chi connectivity index (χ3n) is 4.78. The standard InChI is InChI=1S/C18H21N5O2/c1-13(2)18(11-19)22-9-7-21(8-10-22)16-3-4-17(23(24)25)15-12-20-6-5-14(15)16/h3-6,12-13,18H,7-10H2,1-2H3/t18-/m1/s1. The van der Waals surface area contributed by atoms with Gasteiger partial charge in [0.15, 0.2) is 0 Å². The highest BCUT2D eigenvalue weighted by Gasteiger charge is 2.27. The fourth-order valence-electron chi connectivity index (χ4n) is 3.49. The molecule has 0 N–H and O–H groups in total. The van der Waals surface area contributed by atoms with E-state index < -0.39 is 0 Å². The number of nitro benzene ring substituents is 1. The lowest BCUT2D eigenvalue weighted by atomic mass is 10.0. The molecule has 1 aliphatic heterocycles. The average molecular weight is 339 g/mol. The van der Waals surface area contributed by atoms with Crippen LogP contribution in [-0.4, -0.2) is 47.0 Å². The summed E-state index contributed by atoms with van der Waals surface area (Å²) in [5.74, 6) is 0.294. The van der Waals surface area contributed by atoms with E-state index in [1.165, 1.54) is 0 Å². The van der Waals surface area contributed by atoms with Crippen molar-refractivity contribution in [3.05, 3.63) is 40.7 Å². The summed E-state index contributed by atoms with van der Waals surface area (Å²) in [6, 6.07) is 7.53. The number of non-ortho nitro benzene ring substituents is 1. The number of anilines is 1. The van der Waals surface area contributed by atoms with Crippen LogP contribution in [0.5, 0.6) is 0 Å². The summed E-state index contributed by atoms with van der Waals surface area (Å²) in [4.78, 5) is 19.4. The molecule has 1 atom stereocenters. The van der Waals surface area contributed by atoms with Crippen molar-refractivity contribution in [3.63, 3.8) is 0 Å². The number of hydrogen-bond donors (Lipinski definition) is 0. The van der Waals surface area contributed by atoms with Gasteiger partial charge in [0, 0.05) is 55.7 Å². The van der Waals surface area contributed by atoms with E-state index in [1.54, 1.807) is 18.5 Å². The molecule has 0 radical (unpaired) electrons. The molecule has 1 saturated heterocycles. The highest BCUT2D eigenvalue weighted by atomic mass is 16.6. The first-order chi connectivity index (χ1) is 12.0. The fourth-order valence-corrected chi connectivity index (χ4v) is 3.49. The lowest BCUT2D eigenvalue weighted by molar-refractivity contribution is -0.383. The topological polar surface area (TPSA) is 86.3 Å². The van der Waals surface area contributed by atoms with Gasteiger partial charge >= 0.3 is 0 Å². The molecule has 1 aromatic carbocycles. The van der Waals surface area contributed by atoms with E-state index in [9.17, 15) is 15.4 Å². The van der Waals surface area contributed by atoms with Crippen molar-refractivity contribution < 1.29 is 4.92 Å². The molecule has 1 fully saturated rings. The largest absolute Gasteiger partial charge is 0.368 e. The van der Waals surface area contributed by atoms with Crippen LogP contribution in [0.2, 0.25) is 0 Å². The molecule has 130 valence electrons. The average Bonchev–Trinajstić information content (AvgIpc) is 2.61. The molecule has 7 heteroatoms. The van der Waals surface area contributed by atoms with Crippen molar-refractivity contribution in [1.29, 1.82) is 5.26 Å². The number of aromatic nitrogens is 1. The van der Waals surface area contributed by atoms with Gasteiger partial charge in [-0.3, -0.25) is 20.0 Å². The second kappa shape index (κ2) is 7.03.